The van der Waals surface area contributed by atoms with Crippen LogP contribution in [0.15, 0.2) is 24.3 Å². The summed E-state index contributed by atoms with van der Waals surface area (Å²) < 4.78 is 5.37. The number of benzene rings is 1. The van der Waals surface area contributed by atoms with Gasteiger partial charge in [0.1, 0.15) is 17.5 Å². The Morgan fingerprint density at radius 3 is 2.53 bits per heavy atom. The summed E-state index contributed by atoms with van der Waals surface area (Å²) in [7, 11) is 1.56. The average Bonchev–Trinajstić information content (AvgIpc) is 3.45. The van der Waals surface area contributed by atoms with Crippen molar-refractivity contribution in [3.05, 3.63) is 40.6 Å². The molecule has 0 bridgehead atoms. The fourth-order valence-electron chi connectivity index (χ4n) is 4.86. The number of nitrogens with zero attached hydrogens (tertiary/aromatic N) is 2. The van der Waals surface area contributed by atoms with E-state index in [-0.39, 0.29) is 123 Å². The molecule has 38 heavy (non-hydrogen) atoms. The molecule has 2 aliphatic rings. The van der Waals surface area contributed by atoms with E-state index in [0.29, 0.717) is 23.8 Å². The molecule has 0 spiro atoms. The number of terminal acetylenes is 1. The fraction of sp³-hybridized carbons (Fsp3) is 0.462. The molecule has 5 amide bonds. The first-order valence-electron chi connectivity index (χ1n) is 12.1. The van der Waals surface area contributed by atoms with Crippen LogP contribution in [0.3, 0.4) is 0 Å². The van der Waals surface area contributed by atoms with Gasteiger partial charge in [-0.05, 0) is 43.0 Å². The second-order valence-electron chi connectivity index (χ2n) is 9.21. The van der Waals surface area contributed by atoms with Gasteiger partial charge in [0.05, 0.1) is 13.2 Å². The predicted molar refractivity (Wildman–Crippen MR) is 134 cm³/mol. The zero-order chi connectivity index (χ0) is 25.7. The molecule has 3 atom stereocenters. The molecular formula is C26H29N5O5Rb2. The summed E-state index contributed by atoms with van der Waals surface area (Å²) in [4.78, 5) is 52.6. The monoisotopic (exact) mass is 661 g/mol. The SMILES string of the molecule is C#C[C@H](CC1[N-]C(=O)[N-]C1=O)NC(=O)[C@H](CC1CCCCC1)NC(=O)c1cc2c(OC)cccc2[nH]1.[Rb+].[Rb+]. The van der Waals surface area contributed by atoms with E-state index in [1.54, 1.807) is 19.2 Å². The van der Waals surface area contributed by atoms with Crippen molar-refractivity contribution in [3.63, 3.8) is 0 Å². The van der Waals surface area contributed by atoms with Crippen molar-refractivity contribution in [2.75, 3.05) is 7.11 Å². The molecule has 2 fully saturated rings. The third kappa shape index (κ3) is 8.80. The number of carbonyl (C=O) groups is 4. The van der Waals surface area contributed by atoms with Gasteiger partial charge in [-0.3, -0.25) is 9.59 Å². The number of imide groups is 1. The van der Waals surface area contributed by atoms with Crippen molar-refractivity contribution in [2.24, 2.45) is 5.92 Å². The number of aromatic amines is 1. The first kappa shape index (κ1) is 33.8. The summed E-state index contributed by atoms with van der Waals surface area (Å²) in [5.74, 6) is 1.83. The van der Waals surface area contributed by atoms with Crippen molar-refractivity contribution in [3.8, 4) is 18.1 Å². The average molecular weight is 662 g/mol. The number of carbonyl (C=O) groups excluding carboxylic acids is 4. The Hall–Kier alpha value is -0.390. The number of methoxy groups -OCH3 is 1. The molecule has 1 aliphatic heterocycles. The van der Waals surface area contributed by atoms with Crippen LogP contribution in [-0.2, 0) is 9.59 Å². The van der Waals surface area contributed by atoms with E-state index in [1.165, 1.54) is 6.42 Å². The van der Waals surface area contributed by atoms with E-state index >= 15 is 0 Å². The second-order valence-corrected chi connectivity index (χ2v) is 9.21. The summed E-state index contributed by atoms with van der Waals surface area (Å²) >= 11 is 0. The minimum atomic E-state index is -1.01. The predicted octanol–water partition coefficient (Wildman–Crippen LogP) is -2.46. The largest absolute Gasteiger partial charge is 1.00 e. The number of fused-ring (bicyclic) bond motifs is 1. The van der Waals surface area contributed by atoms with Crippen LogP contribution in [0, 0.1) is 18.3 Å². The van der Waals surface area contributed by atoms with Crippen molar-refractivity contribution >= 4 is 34.7 Å². The Kier molecular flexibility index (Phi) is 14.4. The molecule has 2 aromatic rings. The first-order valence-corrected chi connectivity index (χ1v) is 12.1. The van der Waals surface area contributed by atoms with E-state index in [2.05, 4.69) is 32.2 Å². The van der Waals surface area contributed by atoms with Crippen LogP contribution < -0.4 is 132 Å². The molecule has 10 nitrogen and oxygen atoms in total. The third-order valence-electron chi connectivity index (χ3n) is 6.74. The van der Waals surface area contributed by atoms with Crippen LogP contribution in [0.5, 0.6) is 5.75 Å². The van der Waals surface area contributed by atoms with Gasteiger partial charge in [0.25, 0.3) is 5.91 Å². The van der Waals surface area contributed by atoms with Gasteiger partial charge in [-0.15, -0.1) is 6.42 Å². The smallest absolute Gasteiger partial charge is 0.662 e. The van der Waals surface area contributed by atoms with E-state index in [0.717, 1.165) is 36.6 Å². The van der Waals surface area contributed by atoms with Gasteiger partial charge in [0.15, 0.2) is 0 Å². The first-order chi connectivity index (χ1) is 17.4. The summed E-state index contributed by atoms with van der Waals surface area (Å²) in [5, 5.41) is 13.3. The second kappa shape index (κ2) is 16.2. The van der Waals surface area contributed by atoms with E-state index in [9.17, 15) is 19.2 Å². The Bertz CT molecular complexity index is 1200. The summed E-state index contributed by atoms with van der Waals surface area (Å²) in [6, 6.07) is 3.63. The Balaban J connectivity index is 0.00000253. The van der Waals surface area contributed by atoms with Gasteiger partial charge in [-0.2, -0.15) is 0 Å². The standard InChI is InChI=1S/C26H31N5O5.2Rb/c1-3-16(13-20-25(34)31-26(35)30-20)27-23(32)19(12-15-8-5-4-6-9-15)29-24(33)21-14-17-18(28-21)10-7-11-22(17)36-2;;/h1,7,10-11,14-16,19-20H,4-6,8-9,12-13H2,2H3,(H5,27,28,29,30,31,32,33,34,35);;/q;2*+1/p-2/t16-,19+,20?;;/m1../s1. The molecule has 1 aromatic carbocycles. The third-order valence-corrected chi connectivity index (χ3v) is 6.74. The molecule has 1 saturated heterocycles. The van der Waals surface area contributed by atoms with Crippen molar-refractivity contribution in [1.82, 2.24) is 15.6 Å². The van der Waals surface area contributed by atoms with Crippen LogP contribution in [-0.4, -0.2) is 54.0 Å². The number of nitrogens with one attached hydrogen (secondary N) is 3. The van der Waals surface area contributed by atoms with Crippen LogP contribution in [0.1, 0.15) is 55.4 Å². The number of hydrogen-bond acceptors (Lipinski definition) is 5. The van der Waals surface area contributed by atoms with E-state index in [4.69, 9.17) is 11.2 Å². The van der Waals surface area contributed by atoms with Gasteiger partial charge in [0, 0.05) is 16.8 Å². The Morgan fingerprint density at radius 2 is 1.89 bits per heavy atom. The molecule has 4 rings (SSSR count). The van der Waals surface area contributed by atoms with Gasteiger partial charge in [-0.1, -0.05) is 50.1 Å². The number of amides is 5. The molecule has 0 radical (unpaired) electrons. The summed E-state index contributed by atoms with van der Waals surface area (Å²) in [6.07, 6.45) is 11.3. The number of aromatic nitrogens is 1. The van der Waals surface area contributed by atoms with E-state index in [1.807, 2.05) is 12.1 Å². The van der Waals surface area contributed by atoms with Crippen LogP contribution in [0.25, 0.3) is 21.5 Å². The number of H-pyrrole nitrogens is 1. The Morgan fingerprint density at radius 1 is 1.16 bits per heavy atom. The van der Waals surface area contributed by atoms with Gasteiger partial charge in [-0.25, -0.2) is 0 Å². The van der Waals surface area contributed by atoms with Crippen LogP contribution in [0.2, 0.25) is 0 Å². The molecule has 1 aliphatic carbocycles. The Labute approximate surface area is 319 Å². The number of ether oxygens (including phenoxy) is 1. The maximum atomic E-state index is 13.3. The van der Waals surface area contributed by atoms with Gasteiger partial charge >= 0.3 is 116 Å². The number of urea groups is 1. The quantitative estimate of drug-likeness (QED) is 0.202. The molecule has 1 unspecified atom stereocenters. The van der Waals surface area contributed by atoms with E-state index < -0.39 is 41.9 Å². The minimum absolute atomic E-state index is 0. The van der Waals surface area contributed by atoms with Gasteiger partial charge in [0.2, 0.25) is 5.91 Å². The topological polar surface area (TPSA) is 146 Å². The number of hydrogen-bond donors (Lipinski definition) is 3. The summed E-state index contributed by atoms with van der Waals surface area (Å²) in [6.45, 7) is 0. The fourth-order valence-corrected chi connectivity index (χ4v) is 4.86. The van der Waals surface area contributed by atoms with Crippen molar-refractivity contribution in [2.45, 2.75) is 63.1 Å². The minimum Gasteiger partial charge on any atom is -0.662 e. The maximum absolute atomic E-state index is 13.3. The maximum Gasteiger partial charge on any atom is 1.00 e. The molecule has 190 valence electrons. The van der Waals surface area contributed by atoms with Crippen molar-refractivity contribution < 1.29 is 140 Å². The summed E-state index contributed by atoms with van der Waals surface area (Å²) in [5.41, 5.74) is 1.05. The van der Waals surface area contributed by atoms with Crippen LogP contribution in [0.4, 0.5) is 4.79 Å². The molecule has 1 aromatic heterocycles. The number of rotatable bonds is 9. The molecule has 12 heteroatoms. The van der Waals surface area contributed by atoms with Crippen molar-refractivity contribution in [1.29, 1.82) is 0 Å². The molecule has 1 saturated carbocycles. The molecular weight excluding hydrogens is 633 g/mol. The molecule has 3 N–H and O–H groups in total. The zero-order valence-corrected chi connectivity index (χ0v) is 31.9. The van der Waals surface area contributed by atoms with Crippen LogP contribution >= 0.6 is 0 Å². The van der Waals surface area contributed by atoms with Gasteiger partial charge < -0.3 is 40.6 Å². The normalized spacial score (nSPS) is 18.6. The zero-order valence-electron chi connectivity index (χ0n) is 22.1. The molecule has 2 heterocycles.